The first-order valence-corrected chi connectivity index (χ1v) is 8.71. The third-order valence-electron chi connectivity index (χ3n) is 4.16. The van der Waals surface area contributed by atoms with Gasteiger partial charge >= 0.3 is 6.18 Å². The van der Waals surface area contributed by atoms with Gasteiger partial charge in [0.05, 0.1) is 0 Å². The summed E-state index contributed by atoms with van der Waals surface area (Å²) in [6, 6.07) is 9.43. The molecule has 28 heavy (non-hydrogen) atoms. The summed E-state index contributed by atoms with van der Waals surface area (Å²) in [6.45, 7) is 0. The number of hydrogen-bond donors (Lipinski definition) is 1. The summed E-state index contributed by atoms with van der Waals surface area (Å²) >= 11 is 12.2. The fourth-order valence-corrected chi connectivity index (χ4v) is 3.39. The zero-order valence-electron chi connectivity index (χ0n) is 13.8. The first kappa shape index (κ1) is 18.8. The van der Waals surface area contributed by atoms with E-state index in [0.29, 0.717) is 21.8 Å². The lowest BCUT2D eigenvalue weighted by atomic mass is 10.0. The standard InChI is InChI=1S/C18H10Cl2F4N4/c19-10-3-6-12(13(20)7-10)15-8-14(9-1-4-11(21)5-2-9)25-17-26-16(18(22,23)24)27-28(15)17/h1-8,15H,(H,25,26,27)/t15-/m0/s1. The van der Waals surface area contributed by atoms with Crippen LogP contribution in [-0.4, -0.2) is 14.8 Å². The van der Waals surface area contributed by atoms with Gasteiger partial charge in [0.25, 0.3) is 5.82 Å². The Balaban J connectivity index is 1.87. The van der Waals surface area contributed by atoms with Gasteiger partial charge in [-0.15, -0.1) is 5.10 Å². The van der Waals surface area contributed by atoms with Gasteiger partial charge in [-0.3, -0.25) is 0 Å². The van der Waals surface area contributed by atoms with Crippen LogP contribution in [0.3, 0.4) is 0 Å². The molecule has 4 rings (SSSR count). The minimum absolute atomic E-state index is 0.106. The van der Waals surface area contributed by atoms with E-state index in [-0.39, 0.29) is 11.0 Å². The number of nitrogens with one attached hydrogen (secondary N) is 1. The summed E-state index contributed by atoms with van der Waals surface area (Å²) in [5.74, 6) is -1.82. The lowest BCUT2D eigenvalue weighted by Gasteiger charge is -2.25. The van der Waals surface area contributed by atoms with Crippen LogP contribution < -0.4 is 5.32 Å². The van der Waals surface area contributed by atoms with Crippen molar-refractivity contribution in [2.75, 3.05) is 5.32 Å². The SMILES string of the molecule is Fc1ccc(C2=C[C@@H](c3ccc(Cl)cc3Cl)n3nc(C(F)(F)F)nc3N2)cc1. The molecule has 1 aromatic heterocycles. The Morgan fingerprint density at radius 3 is 2.39 bits per heavy atom. The second-order valence-corrected chi connectivity index (χ2v) is 6.87. The lowest BCUT2D eigenvalue weighted by Crippen LogP contribution is -2.20. The fourth-order valence-electron chi connectivity index (χ4n) is 2.87. The van der Waals surface area contributed by atoms with Crippen molar-refractivity contribution < 1.29 is 17.6 Å². The number of rotatable bonds is 2. The Kier molecular flexibility index (Phi) is 4.55. The molecular weight excluding hydrogens is 419 g/mol. The average Bonchev–Trinajstić information content (AvgIpc) is 3.06. The number of hydrogen-bond acceptors (Lipinski definition) is 3. The molecule has 4 nitrogen and oxygen atoms in total. The van der Waals surface area contributed by atoms with Crippen LogP contribution in [0.25, 0.3) is 5.70 Å². The maximum Gasteiger partial charge on any atom is 0.453 e. The fraction of sp³-hybridized carbons (Fsp3) is 0.111. The van der Waals surface area contributed by atoms with Crippen LogP contribution in [0.2, 0.25) is 10.0 Å². The van der Waals surface area contributed by atoms with E-state index in [0.717, 1.165) is 4.68 Å². The van der Waals surface area contributed by atoms with Gasteiger partial charge in [0, 0.05) is 15.7 Å². The van der Waals surface area contributed by atoms with E-state index in [1.165, 1.54) is 30.3 Å². The molecule has 0 spiro atoms. The first-order valence-electron chi connectivity index (χ1n) is 7.96. The molecule has 144 valence electrons. The largest absolute Gasteiger partial charge is 0.453 e. The van der Waals surface area contributed by atoms with Crippen molar-refractivity contribution in [2.45, 2.75) is 12.2 Å². The number of aromatic nitrogens is 3. The van der Waals surface area contributed by atoms with Crippen LogP contribution in [0.5, 0.6) is 0 Å². The molecule has 0 aliphatic carbocycles. The number of allylic oxidation sites excluding steroid dienone is 1. The Bertz CT molecular complexity index is 1070. The predicted molar refractivity (Wildman–Crippen MR) is 97.6 cm³/mol. The van der Waals surface area contributed by atoms with Gasteiger partial charge in [-0.1, -0.05) is 29.3 Å². The molecule has 2 heterocycles. The van der Waals surface area contributed by atoms with Crippen LogP contribution in [0.15, 0.2) is 48.5 Å². The summed E-state index contributed by atoms with van der Waals surface area (Å²) in [5.41, 5.74) is 1.51. The van der Waals surface area contributed by atoms with Gasteiger partial charge in [0.2, 0.25) is 5.95 Å². The minimum atomic E-state index is -4.71. The Morgan fingerprint density at radius 1 is 1.04 bits per heavy atom. The zero-order chi connectivity index (χ0) is 20.1. The zero-order valence-corrected chi connectivity index (χ0v) is 15.3. The molecule has 1 N–H and O–H groups in total. The summed E-state index contributed by atoms with van der Waals surface area (Å²) in [4.78, 5) is 3.57. The van der Waals surface area contributed by atoms with Gasteiger partial charge in [-0.25, -0.2) is 9.07 Å². The van der Waals surface area contributed by atoms with Crippen LogP contribution in [0.1, 0.15) is 23.0 Å². The second kappa shape index (κ2) is 6.79. The van der Waals surface area contributed by atoms with E-state index in [1.54, 1.807) is 18.2 Å². The van der Waals surface area contributed by atoms with Crippen molar-refractivity contribution in [3.05, 3.63) is 81.4 Å². The number of anilines is 1. The molecule has 0 amide bonds. The summed E-state index contributed by atoms with van der Waals surface area (Å²) in [6.07, 6.45) is -3.07. The molecule has 0 unspecified atom stereocenters. The third kappa shape index (κ3) is 3.45. The van der Waals surface area contributed by atoms with E-state index >= 15 is 0 Å². The topological polar surface area (TPSA) is 42.7 Å². The molecule has 1 atom stereocenters. The molecule has 0 saturated carbocycles. The molecule has 10 heteroatoms. The van der Waals surface area contributed by atoms with Gasteiger partial charge in [0.1, 0.15) is 11.9 Å². The monoisotopic (exact) mass is 428 g/mol. The minimum Gasteiger partial charge on any atom is -0.324 e. The predicted octanol–water partition coefficient (Wildman–Crippen LogP) is 5.80. The maximum absolute atomic E-state index is 13.2. The summed E-state index contributed by atoms with van der Waals surface area (Å²) in [5, 5.41) is 7.08. The van der Waals surface area contributed by atoms with E-state index in [1.807, 2.05) is 0 Å². The van der Waals surface area contributed by atoms with Crippen molar-refractivity contribution >= 4 is 34.8 Å². The highest BCUT2D eigenvalue weighted by Gasteiger charge is 2.39. The number of fused-ring (bicyclic) bond motifs is 1. The van der Waals surface area contributed by atoms with E-state index in [2.05, 4.69) is 15.4 Å². The average molecular weight is 429 g/mol. The van der Waals surface area contributed by atoms with E-state index in [9.17, 15) is 17.6 Å². The lowest BCUT2D eigenvalue weighted by molar-refractivity contribution is -0.145. The van der Waals surface area contributed by atoms with Gasteiger partial charge in [0.15, 0.2) is 0 Å². The highest BCUT2D eigenvalue weighted by Crippen LogP contribution is 2.38. The van der Waals surface area contributed by atoms with Crippen LogP contribution in [-0.2, 0) is 6.18 Å². The highest BCUT2D eigenvalue weighted by atomic mass is 35.5. The van der Waals surface area contributed by atoms with Crippen molar-refractivity contribution in [3.63, 3.8) is 0 Å². The van der Waals surface area contributed by atoms with Gasteiger partial charge in [-0.05, 0) is 53.6 Å². The quantitative estimate of drug-likeness (QED) is 0.524. The maximum atomic E-state index is 13.2. The molecule has 0 radical (unpaired) electrons. The molecule has 0 bridgehead atoms. The third-order valence-corrected chi connectivity index (χ3v) is 4.72. The smallest absolute Gasteiger partial charge is 0.324 e. The van der Waals surface area contributed by atoms with Gasteiger partial charge < -0.3 is 5.32 Å². The Hall–Kier alpha value is -2.58. The Labute approximate surface area is 166 Å². The van der Waals surface area contributed by atoms with Crippen LogP contribution in [0, 0.1) is 5.82 Å². The molecule has 0 saturated heterocycles. The molecular formula is C18H10Cl2F4N4. The molecule has 0 fully saturated rings. The van der Waals surface area contributed by atoms with Crippen LogP contribution in [0.4, 0.5) is 23.5 Å². The molecule has 2 aromatic carbocycles. The number of halogens is 6. The number of nitrogens with zero attached hydrogens (tertiary/aromatic N) is 3. The van der Waals surface area contributed by atoms with Crippen molar-refractivity contribution in [2.24, 2.45) is 0 Å². The number of alkyl halides is 3. The number of benzene rings is 2. The van der Waals surface area contributed by atoms with Crippen LogP contribution >= 0.6 is 23.2 Å². The second-order valence-electron chi connectivity index (χ2n) is 6.02. The first-order chi connectivity index (χ1) is 13.2. The highest BCUT2D eigenvalue weighted by molar-refractivity contribution is 6.35. The molecule has 1 aliphatic rings. The Morgan fingerprint density at radius 2 is 1.75 bits per heavy atom. The van der Waals surface area contributed by atoms with E-state index < -0.39 is 23.9 Å². The van der Waals surface area contributed by atoms with E-state index in [4.69, 9.17) is 23.2 Å². The van der Waals surface area contributed by atoms with Crippen molar-refractivity contribution in [1.82, 2.24) is 14.8 Å². The summed E-state index contributed by atoms with van der Waals surface area (Å²) < 4.78 is 53.7. The summed E-state index contributed by atoms with van der Waals surface area (Å²) in [7, 11) is 0. The van der Waals surface area contributed by atoms with Gasteiger partial charge in [-0.2, -0.15) is 18.2 Å². The van der Waals surface area contributed by atoms with Crippen molar-refractivity contribution in [3.8, 4) is 0 Å². The molecule has 1 aliphatic heterocycles. The molecule has 3 aromatic rings. The van der Waals surface area contributed by atoms with Crippen molar-refractivity contribution in [1.29, 1.82) is 0 Å². The normalized spacial score (nSPS) is 16.4.